The maximum absolute atomic E-state index is 6.13. The molecule has 3 heteroatoms. The van der Waals surface area contributed by atoms with Crippen molar-refractivity contribution in [3.05, 3.63) is 23.7 Å². The molecule has 2 unspecified atom stereocenters. The number of hydrogen-bond donors (Lipinski definition) is 1. The normalized spacial score (nSPS) is 28.8. The van der Waals surface area contributed by atoms with E-state index in [0.29, 0.717) is 5.92 Å². The third-order valence-corrected chi connectivity index (χ3v) is 4.90. The zero-order chi connectivity index (χ0) is 13.2. The number of furan rings is 1. The molecule has 102 valence electrons. The molecule has 0 bridgehead atoms. The Morgan fingerprint density at radius 2 is 2.28 bits per heavy atom. The second-order valence-electron chi connectivity index (χ2n) is 5.81. The average Bonchev–Trinajstić information content (AvgIpc) is 2.76. The summed E-state index contributed by atoms with van der Waals surface area (Å²) in [6.45, 7) is 6.07. The van der Waals surface area contributed by atoms with E-state index in [0.717, 1.165) is 18.8 Å². The van der Waals surface area contributed by atoms with E-state index in [4.69, 9.17) is 10.2 Å². The molecule has 18 heavy (non-hydrogen) atoms. The summed E-state index contributed by atoms with van der Waals surface area (Å²) in [6, 6.07) is 2.07. The van der Waals surface area contributed by atoms with Crippen molar-refractivity contribution in [3.63, 3.8) is 0 Å². The lowest BCUT2D eigenvalue weighted by molar-refractivity contribution is 0.0276. The number of rotatable bonds is 4. The van der Waals surface area contributed by atoms with Gasteiger partial charge in [-0.1, -0.05) is 19.8 Å². The maximum Gasteiger partial charge on any atom is 0.105 e. The zero-order valence-electron chi connectivity index (χ0n) is 11.9. The molecule has 1 aromatic rings. The van der Waals surface area contributed by atoms with E-state index in [-0.39, 0.29) is 5.54 Å². The SMILES string of the molecule is Cc1occc1CN(C)C1(CN)CCCCC1C. The third-order valence-electron chi connectivity index (χ3n) is 4.90. The molecule has 0 aromatic carbocycles. The fourth-order valence-electron chi connectivity index (χ4n) is 3.41. The van der Waals surface area contributed by atoms with E-state index in [1.807, 2.05) is 6.92 Å². The molecule has 0 saturated heterocycles. The second kappa shape index (κ2) is 5.45. The molecule has 2 rings (SSSR count). The van der Waals surface area contributed by atoms with Crippen LogP contribution in [0.2, 0.25) is 0 Å². The summed E-state index contributed by atoms with van der Waals surface area (Å²) < 4.78 is 5.39. The zero-order valence-corrected chi connectivity index (χ0v) is 11.9. The smallest absolute Gasteiger partial charge is 0.105 e. The molecular weight excluding hydrogens is 224 g/mol. The highest BCUT2D eigenvalue weighted by atomic mass is 16.3. The molecule has 1 fully saturated rings. The number of aryl methyl sites for hydroxylation is 1. The number of likely N-dealkylation sites (N-methyl/N-ethyl adjacent to an activating group) is 1. The van der Waals surface area contributed by atoms with Gasteiger partial charge in [0.1, 0.15) is 5.76 Å². The van der Waals surface area contributed by atoms with Crippen LogP contribution < -0.4 is 5.73 Å². The lowest BCUT2D eigenvalue weighted by Gasteiger charge is -2.48. The maximum atomic E-state index is 6.13. The van der Waals surface area contributed by atoms with Crippen molar-refractivity contribution in [1.82, 2.24) is 4.90 Å². The van der Waals surface area contributed by atoms with Gasteiger partial charge >= 0.3 is 0 Å². The summed E-state index contributed by atoms with van der Waals surface area (Å²) in [4.78, 5) is 2.45. The van der Waals surface area contributed by atoms with Crippen molar-refractivity contribution < 1.29 is 4.42 Å². The first kappa shape index (κ1) is 13.6. The molecule has 0 radical (unpaired) electrons. The molecule has 3 nitrogen and oxygen atoms in total. The van der Waals surface area contributed by atoms with Gasteiger partial charge in [-0.3, -0.25) is 4.90 Å². The Bertz CT molecular complexity index is 388. The number of nitrogens with zero attached hydrogens (tertiary/aromatic N) is 1. The predicted octanol–water partition coefficient (Wildman–Crippen LogP) is 2.93. The van der Waals surface area contributed by atoms with Crippen LogP contribution in [0.1, 0.15) is 43.9 Å². The van der Waals surface area contributed by atoms with Gasteiger partial charge in [0.15, 0.2) is 0 Å². The van der Waals surface area contributed by atoms with Crippen molar-refractivity contribution in [2.75, 3.05) is 13.6 Å². The van der Waals surface area contributed by atoms with Gasteiger partial charge in [-0.25, -0.2) is 0 Å². The van der Waals surface area contributed by atoms with Crippen LogP contribution in [0.25, 0.3) is 0 Å². The van der Waals surface area contributed by atoms with Crippen molar-refractivity contribution in [1.29, 1.82) is 0 Å². The predicted molar refractivity (Wildman–Crippen MR) is 74.3 cm³/mol. The Morgan fingerprint density at radius 3 is 2.83 bits per heavy atom. The Morgan fingerprint density at radius 1 is 1.50 bits per heavy atom. The van der Waals surface area contributed by atoms with Gasteiger partial charge in [0.25, 0.3) is 0 Å². The lowest BCUT2D eigenvalue weighted by Crippen LogP contribution is -2.57. The minimum atomic E-state index is 0.169. The van der Waals surface area contributed by atoms with Crippen LogP contribution >= 0.6 is 0 Å². The van der Waals surface area contributed by atoms with E-state index in [1.165, 1.54) is 31.2 Å². The van der Waals surface area contributed by atoms with Crippen molar-refractivity contribution in [2.24, 2.45) is 11.7 Å². The van der Waals surface area contributed by atoms with E-state index < -0.39 is 0 Å². The Balaban J connectivity index is 2.14. The molecular formula is C15H26N2O. The van der Waals surface area contributed by atoms with Crippen LogP contribution in [0.3, 0.4) is 0 Å². The molecule has 1 aromatic heterocycles. The van der Waals surface area contributed by atoms with Crippen LogP contribution in [-0.4, -0.2) is 24.0 Å². The van der Waals surface area contributed by atoms with E-state index >= 15 is 0 Å². The van der Waals surface area contributed by atoms with E-state index in [2.05, 4.69) is 24.9 Å². The second-order valence-corrected chi connectivity index (χ2v) is 5.81. The summed E-state index contributed by atoms with van der Waals surface area (Å²) >= 11 is 0. The van der Waals surface area contributed by atoms with Crippen LogP contribution in [-0.2, 0) is 6.54 Å². The molecule has 0 aliphatic heterocycles. The largest absolute Gasteiger partial charge is 0.469 e. The first-order valence-electron chi connectivity index (χ1n) is 7.04. The minimum absolute atomic E-state index is 0.169. The Kier molecular flexibility index (Phi) is 4.13. The summed E-state index contributed by atoms with van der Waals surface area (Å²) in [7, 11) is 2.21. The number of hydrogen-bond acceptors (Lipinski definition) is 3. The highest BCUT2D eigenvalue weighted by Gasteiger charge is 2.40. The standard InChI is InChI=1S/C15H26N2O/c1-12-6-4-5-8-15(12,11-16)17(3)10-14-7-9-18-13(14)2/h7,9,12H,4-6,8,10-11,16H2,1-3H3. The van der Waals surface area contributed by atoms with Gasteiger partial charge in [0.2, 0.25) is 0 Å². The lowest BCUT2D eigenvalue weighted by atomic mass is 9.72. The summed E-state index contributed by atoms with van der Waals surface area (Å²) in [5, 5.41) is 0. The molecule has 1 aliphatic carbocycles. The van der Waals surface area contributed by atoms with Crippen LogP contribution in [0.4, 0.5) is 0 Å². The number of nitrogens with two attached hydrogens (primary N) is 1. The molecule has 1 heterocycles. The Hall–Kier alpha value is -0.800. The highest BCUT2D eigenvalue weighted by Crippen LogP contribution is 2.37. The molecule has 2 atom stereocenters. The van der Waals surface area contributed by atoms with Crippen LogP contribution in [0.5, 0.6) is 0 Å². The fourth-order valence-corrected chi connectivity index (χ4v) is 3.41. The quantitative estimate of drug-likeness (QED) is 0.893. The van der Waals surface area contributed by atoms with Gasteiger partial charge in [0, 0.05) is 24.2 Å². The highest BCUT2D eigenvalue weighted by molar-refractivity contribution is 5.16. The van der Waals surface area contributed by atoms with Crippen molar-refractivity contribution >= 4 is 0 Å². The van der Waals surface area contributed by atoms with Gasteiger partial charge in [-0.15, -0.1) is 0 Å². The topological polar surface area (TPSA) is 42.4 Å². The molecule has 1 saturated carbocycles. The van der Waals surface area contributed by atoms with Gasteiger partial charge in [-0.05, 0) is 38.8 Å². The fraction of sp³-hybridized carbons (Fsp3) is 0.733. The Labute approximate surface area is 110 Å². The first-order chi connectivity index (χ1) is 8.60. The van der Waals surface area contributed by atoms with Gasteiger partial charge in [0.05, 0.1) is 6.26 Å². The van der Waals surface area contributed by atoms with Crippen molar-refractivity contribution in [3.8, 4) is 0 Å². The van der Waals surface area contributed by atoms with Crippen LogP contribution in [0.15, 0.2) is 16.7 Å². The molecule has 0 amide bonds. The van der Waals surface area contributed by atoms with Gasteiger partial charge < -0.3 is 10.2 Å². The van der Waals surface area contributed by atoms with E-state index in [1.54, 1.807) is 6.26 Å². The molecule has 1 aliphatic rings. The minimum Gasteiger partial charge on any atom is -0.469 e. The molecule has 2 N–H and O–H groups in total. The van der Waals surface area contributed by atoms with Crippen molar-refractivity contribution in [2.45, 2.75) is 51.6 Å². The third kappa shape index (κ3) is 2.34. The summed E-state index contributed by atoms with van der Waals surface area (Å²) in [5.74, 6) is 1.70. The molecule has 0 spiro atoms. The van der Waals surface area contributed by atoms with Crippen LogP contribution in [0, 0.1) is 12.8 Å². The summed E-state index contributed by atoms with van der Waals surface area (Å²) in [6.07, 6.45) is 6.94. The monoisotopic (exact) mass is 250 g/mol. The average molecular weight is 250 g/mol. The van der Waals surface area contributed by atoms with E-state index in [9.17, 15) is 0 Å². The summed E-state index contributed by atoms with van der Waals surface area (Å²) in [5.41, 5.74) is 7.58. The van der Waals surface area contributed by atoms with Gasteiger partial charge in [-0.2, -0.15) is 0 Å². The first-order valence-corrected chi connectivity index (χ1v) is 7.04.